The Morgan fingerprint density at radius 1 is 1.37 bits per heavy atom. The molecule has 0 radical (unpaired) electrons. The van der Waals surface area contributed by atoms with E-state index in [1.165, 1.54) is 0 Å². The minimum atomic E-state index is -0.137. The average Bonchev–Trinajstić information content (AvgIpc) is 2.41. The number of morpholine rings is 1. The van der Waals surface area contributed by atoms with Crippen molar-refractivity contribution in [3.63, 3.8) is 0 Å². The molecule has 1 aliphatic heterocycles. The number of nitrogens with zero attached hydrogens (tertiary/aromatic N) is 1. The Morgan fingerprint density at radius 3 is 2.63 bits per heavy atom. The van der Waals surface area contributed by atoms with Crippen molar-refractivity contribution in [1.29, 1.82) is 0 Å². The van der Waals surface area contributed by atoms with E-state index >= 15 is 0 Å². The first-order valence-electron chi connectivity index (χ1n) is 6.66. The van der Waals surface area contributed by atoms with Crippen LogP contribution in [-0.4, -0.2) is 42.0 Å². The highest BCUT2D eigenvalue weighted by Gasteiger charge is 2.31. The molecule has 1 fully saturated rings. The quantitative estimate of drug-likeness (QED) is 0.798. The molecular formula is C15H20ClNO2. The lowest BCUT2D eigenvalue weighted by Crippen LogP contribution is -2.53. The number of rotatable bonds is 3. The molecule has 0 aliphatic carbocycles. The van der Waals surface area contributed by atoms with Gasteiger partial charge in [0, 0.05) is 23.2 Å². The van der Waals surface area contributed by atoms with Crippen LogP contribution in [0.3, 0.4) is 0 Å². The zero-order chi connectivity index (χ0) is 14.0. The van der Waals surface area contributed by atoms with Crippen molar-refractivity contribution in [3.8, 4) is 0 Å². The van der Waals surface area contributed by atoms with Gasteiger partial charge in [0.2, 0.25) is 0 Å². The summed E-state index contributed by atoms with van der Waals surface area (Å²) in [5.74, 6) is 0.137. The number of ketones is 1. The molecule has 1 aliphatic rings. The number of ether oxygens (including phenoxy) is 1. The lowest BCUT2D eigenvalue weighted by atomic mass is 10.0. The van der Waals surface area contributed by atoms with Crippen LogP contribution in [0.25, 0.3) is 0 Å². The normalized spacial score (nSPS) is 26.1. The van der Waals surface area contributed by atoms with Gasteiger partial charge in [-0.15, -0.1) is 0 Å². The average molecular weight is 282 g/mol. The summed E-state index contributed by atoms with van der Waals surface area (Å²) in [6.45, 7) is 7.57. The lowest BCUT2D eigenvalue weighted by Gasteiger charge is -2.40. The van der Waals surface area contributed by atoms with Crippen molar-refractivity contribution in [2.24, 2.45) is 0 Å². The Kier molecular flexibility index (Phi) is 4.61. The molecule has 0 N–H and O–H groups in total. The van der Waals surface area contributed by atoms with Crippen molar-refractivity contribution in [2.45, 2.75) is 39.0 Å². The summed E-state index contributed by atoms with van der Waals surface area (Å²) in [5, 5.41) is 0.651. The molecular weight excluding hydrogens is 262 g/mol. The van der Waals surface area contributed by atoms with Crippen LogP contribution in [0, 0.1) is 0 Å². The minimum absolute atomic E-state index is 0.137. The first kappa shape index (κ1) is 14.5. The van der Waals surface area contributed by atoms with E-state index in [-0.39, 0.29) is 24.0 Å². The third-order valence-corrected chi connectivity index (χ3v) is 3.91. The van der Waals surface area contributed by atoms with Gasteiger partial charge in [-0.05, 0) is 45.0 Å². The number of hydrogen-bond acceptors (Lipinski definition) is 3. The van der Waals surface area contributed by atoms with Gasteiger partial charge in [-0.2, -0.15) is 0 Å². The summed E-state index contributed by atoms with van der Waals surface area (Å²) in [6, 6.07) is 7.22. The van der Waals surface area contributed by atoms with E-state index in [4.69, 9.17) is 16.3 Å². The Bertz CT molecular complexity index is 446. The van der Waals surface area contributed by atoms with Crippen LogP contribution in [0.5, 0.6) is 0 Å². The van der Waals surface area contributed by atoms with Crippen LogP contribution in [0.15, 0.2) is 24.3 Å². The fourth-order valence-electron chi connectivity index (χ4n) is 2.47. The van der Waals surface area contributed by atoms with E-state index in [2.05, 4.69) is 11.8 Å². The van der Waals surface area contributed by atoms with Gasteiger partial charge in [0.1, 0.15) is 0 Å². The number of benzene rings is 1. The van der Waals surface area contributed by atoms with Gasteiger partial charge in [0.25, 0.3) is 0 Å². The number of hydrogen-bond donors (Lipinski definition) is 0. The Hall–Kier alpha value is -0.900. The minimum Gasteiger partial charge on any atom is -0.376 e. The van der Waals surface area contributed by atoms with Crippen molar-refractivity contribution in [3.05, 3.63) is 34.9 Å². The molecule has 0 amide bonds. The summed E-state index contributed by atoms with van der Waals surface area (Å²) in [6.07, 6.45) is 0.177. The highest BCUT2D eigenvalue weighted by atomic mass is 35.5. The highest BCUT2D eigenvalue weighted by molar-refractivity contribution is 6.30. The second-order valence-corrected chi connectivity index (χ2v) is 5.67. The predicted molar refractivity (Wildman–Crippen MR) is 76.8 cm³/mol. The summed E-state index contributed by atoms with van der Waals surface area (Å²) in [4.78, 5) is 14.7. The Labute approximate surface area is 119 Å². The van der Waals surface area contributed by atoms with Crippen LogP contribution < -0.4 is 0 Å². The first-order chi connectivity index (χ1) is 8.99. The molecule has 1 aromatic rings. The monoisotopic (exact) mass is 281 g/mol. The zero-order valence-electron chi connectivity index (χ0n) is 11.6. The fraction of sp³-hybridized carbons (Fsp3) is 0.533. The van der Waals surface area contributed by atoms with Crippen molar-refractivity contribution in [2.75, 3.05) is 13.2 Å². The van der Waals surface area contributed by atoms with E-state index in [1.54, 1.807) is 24.3 Å². The summed E-state index contributed by atoms with van der Waals surface area (Å²) in [7, 11) is 0. The third-order valence-electron chi connectivity index (χ3n) is 3.66. The van der Waals surface area contributed by atoms with Gasteiger partial charge in [-0.3, -0.25) is 9.69 Å². The molecule has 1 heterocycles. The molecule has 104 valence electrons. The second-order valence-electron chi connectivity index (χ2n) is 5.24. The van der Waals surface area contributed by atoms with Crippen LogP contribution >= 0.6 is 11.6 Å². The molecule has 0 spiro atoms. The molecule has 1 saturated heterocycles. The maximum Gasteiger partial charge on any atom is 0.179 e. The van der Waals surface area contributed by atoms with Crippen LogP contribution in [0.1, 0.15) is 31.1 Å². The SMILES string of the molecule is CC1CN(C(C)C(=O)c2ccc(Cl)cc2)C(C)CO1. The maximum absolute atomic E-state index is 12.5. The Morgan fingerprint density at radius 2 is 2.00 bits per heavy atom. The van der Waals surface area contributed by atoms with Crippen molar-refractivity contribution in [1.82, 2.24) is 4.90 Å². The van der Waals surface area contributed by atoms with E-state index in [1.807, 2.05) is 13.8 Å². The first-order valence-corrected chi connectivity index (χ1v) is 7.04. The van der Waals surface area contributed by atoms with Crippen molar-refractivity contribution >= 4 is 17.4 Å². The molecule has 3 atom stereocenters. The number of carbonyl (C=O) groups excluding carboxylic acids is 1. The molecule has 19 heavy (non-hydrogen) atoms. The number of carbonyl (C=O) groups is 1. The van der Waals surface area contributed by atoms with Gasteiger partial charge in [0.15, 0.2) is 5.78 Å². The van der Waals surface area contributed by atoms with Gasteiger partial charge < -0.3 is 4.74 Å². The zero-order valence-corrected chi connectivity index (χ0v) is 12.4. The highest BCUT2D eigenvalue weighted by Crippen LogP contribution is 2.19. The second kappa shape index (κ2) is 6.04. The molecule has 0 saturated carbocycles. The standard InChI is InChI=1S/C15H20ClNO2/c1-10-9-19-11(2)8-17(10)12(3)15(18)13-4-6-14(16)7-5-13/h4-7,10-12H,8-9H2,1-3H3. The molecule has 3 nitrogen and oxygen atoms in total. The number of halogens is 1. The van der Waals surface area contributed by atoms with E-state index < -0.39 is 0 Å². The molecule has 2 rings (SSSR count). The topological polar surface area (TPSA) is 29.5 Å². The smallest absolute Gasteiger partial charge is 0.179 e. The third kappa shape index (κ3) is 3.35. The lowest BCUT2D eigenvalue weighted by molar-refractivity contribution is -0.0585. The predicted octanol–water partition coefficient (Wildman–Crippen LogP) is 3.02. The van der Waals surface area contributed by atoms with Gasteiger partial charge >= 0.3 is 0 Å². The number of Topliss-reactive ketones (excluding diaryl/α,β-unsaturated/α-hetero) is 1. The summed E-state index contributed by atoms with van der Waals surface area (Å²) >= 11 is 5.85. The van der Waals surface area contributed by atoms with Gasteiger partial charge in [0.05, 0.1) is 18.8 Å². The van der Waals surface area contributed by atoms with Crippen LogP contribution in [0.2, 0.25) is 5.02 Å². The molecule has 4 heteroatoms. The van der Waals surface area contributed by atoms with Crippen LogP contribution in [0.4, 0.5) is 0 Å². The van der Waals surface area contributed by atoms with Gasteiger partial charge in [-0.25, -0.2) is 0 Å². The molecule has 0 bridgehead atoms. The van der Waals surface area contributed by atoms with E-state index in [9.17, 15) is 4.79 Å². The van der Waals surface area contributed by atoms with Gasteiger partial charge in [-0.1, -0.05) is 11.6 Å². The Balaban J connectivity index is 2.11. The maximum atomic E-state index is 12.5. The van der Waals surface area contributed by atoms with Crippen LogP contribution in [-0.2, 0) is 4.74 Å². The molecule has 0 aromatic heterocycles. The summed E-state index contributed by atoms with van der Waals surface area (Å²) < 4.78 is 5.60. The molecule has 1 aromatic carbocycles. The summed E-state index contributed by atoms with van der Waals surface area (Å²) in [5.41, 5.74) is 0.711. The van der Waals surface area contributed by atoms with Crippen molar-refractivity contribution < 1.29 is 9.53 Å². The fourth-order valence-corrected chi connectivity index (χ4v) is 2.60. The van der Waals surface area contributed by atoms with E-state index in [0.29, 0.717) is 17.2 Å². The van der Waals surface area contributed by atoms with E-state index in [0.717, 1.165) is 6.54 Å². The largest absolute Gasteiger partial charge is 0.376 e. The molecule has 3 unspecified atom stereocenters.